The summed E-state index contributed by atoms with van der Waals surface area (Å²) in [6.45, 7) is 0.289. The molecule has 0 radical (unpaired) electrons. The smallest absolute Gasteiger partial charge is 0.158 e. The topological polar surface area (TPSA) is 69.9 Å². The molecule has 102 valence electrons. The molecular weight excluding hydrogens is 280 g/mol. The lowest BCUT2D eigenvalue weighted by atomic mass is 10.0. The lowest BCUT2D eigenvalue weighted by Crippen LogP contribution is -2.06. The third-order valence-electron chi connectivity index (χ3n) is 3.12. The number of aromatic hydroxyl groups is 3. The van der Waals surface area contributed by atoms with Gasteiger partial charge in [0.15, 0.2) is 11.5 Å². The Balaban J connectivity index is 2.08. The minimum absolute atomic E-state index is 0.0490. The number of ether oxygens (including phenoxy) is 1. The van der Waals surface area contributed by atoms with E-state index in [4.69, 9.17) is 16.3 Å². The molecule has 0 bridgehead atoms. The summed E-state index contributed by atoms with van der Waals surface area (Å²) in [7, 11) is 0. The number of halogens is 1. The molecular formula is C15H11ClO4. The molecule has 0 aliphatic carbocycles. The van der Waals surface area contributed by atoms with Crippen LogP contribution in [0.5, 0.6) is 23.0 Å². The van der Waals surface area contributed by atoms with Crippen LogP contribution in [0.15, 0.2) is 30.3 Å². The van der Waals surface area contributed by atoms with Crippen LogP contribution in [-0.4, -0.2) is 21.9 Å². The molecule has 0 spiro atoms. The Kier molecular flexibility index (Phi) is 2.95. The van der Waals surface area contributed by atoms with Gasteiger partial charge < -0.3 is 20.1 Å². The van der Waals surface area contributed by atoms with E-state index in [1.54, 1.807) is 6.07 Å². The van der Waals surface area contributed by atoms with E-state index >= 15 is 0 Å². The van der Waals surface area contributed by atoms with Gasteiger partial charge in [-0.05, 0) is 35.4 Å². The van der Waals surface area contributed by atoms with Gasteiger partial charge in [0, 0.05) is 11.6 Å². The number of rotatable bonds is 1. The van der Waals surface area contributed by atoms with Crippen LogP contribution in [0.25, 0.3) is 11.6 Å². The summed E-state index contributed by atoms with van der Waals surface area (Å²) in [5, 5.41) is 28.7. The highest BCUT2D eigenvalue weighted by molar-refractivity contribution is 6.32. The standard InChI is InChI=1S/C15H11ClO4/c16-12-5-10(17)6-15-11(12)3-9(7-20-15)8-1-2-13(18)14(19)4-8/h1-6,17-19H,7H2. The summed E-state index contributed by atoms with van der Waals surface area (Å²) in [5.41, 5.74) is 2.23. The molecule has 0 amide bonds. The maximum absolute atomic E-state index is 9.54. The van der Waals surface area contributed by atoms with Crippen molar-refractivity contribution in [2.75, 3.05) is 6.61 Å². The van der Waals surface area contributed by atoms with Crippen LogP contribution in [0, 0.1) is 0 Å². The zero-order valence-electron chi connectivity index (χ0n) is 10.3. The van der Waals surface area contributed by atoms with Crippen molar-refractivity contribution in [2.45, 2.75) is 0 Å². The fourth-order valence-corrected chi connectivity index (χ4v) is 2.36. The molecule has 0 atom stereocenters. The first kappa shape index (κ1) is 12.7. The van der Waals surface area contributed by atoms with Crippen molar-refractivity contribution >= 4 is 23.3 Å². The SMILES string of the molecule is Oc1cc(Cl)c2c(c1)OCC(c1ccc(O)c(O)c1)=C2. The summed E-state index contributed by atoms with van der Waals surface area (Å²) < 4.78 is 5.57. The average molecular weight is 291 g/mol. The molecule has 20 heavy (non-hydrogen) atoms. The van der Waals surface area contributed by atoms with E-state index in [0.717, 1.165) is 11.1 Å². The van der Waals surface area contributed by atoms with Crippen LogP contribution in [-0.2, 0) is 0 Å². The van der Waals surface area contributed by atoms with Crippen molar-refractivity contribution in [3.8, 4) is 23.0 Å². The molecule has 5 heteroatoms. The van der Waals surface area contributed by atoms with Crippen molar-refractivity contribution in [1.29, 1.82) is 0 Å². The van der Waals surface area contributed by atoms with Crippen molar-refractivity contribution in [3.63, 3.8) is 0 Å². The zero-order chi connectivity index (χ0) is 14.3. The van der Waals surface area contributed by atoms with Crippen molar-refractivity contribution in [2.24, 2.45) is 0 Å². The fourth-order valence-electron chi connectivity index (χ4n) is 2.10. The van der Waals surface area contributed by atoms with E-state index in [1.807, 2.05) is 6.08 Å². The Morgan fingerprint density at radius 1 is 1.00 bits per heavy atom. The Labute approximate surface area is 120 Å². The number of benzene rings is 2. The third-order valence-corrected chi connectivity index (χ3v) is 3.44. The number of phenols is 3. The second kappa shape index (κ2) is 4.65. The number of phenolic OH excluding ortho intramolecular Hbond substituents is 3. The van der Waals surface area contributed by atoms with Gasteiger partial charge in [0.2, 0.25) is 0 Å². The minimum Gasteiger partial charge on any atom is -0.508 e. The second-order valence-electron chi connectivity index (χ2n) is 4.50. The summed E-state index contributed by atoms with van der Waals surface area (Å²) in [6.07, 6.45) is 1.84. The second-order valence-corrected chi connectivity index (χ2v) is 4.91. The van der Waals surface area contributed by atoms with Crippen LogP contribution in [0.1, 0.15) is 11.1 Å². The van der Waals surface area contributed by atoms with E-state index in [2.05, 4.69) is 0 Å². The third kappa shape index (κ3) is 2.14. The molecule has 0 aromatic heterocycles. The largest absolute Gasteiger partial charge is 0.508 e. The predicted octanol–water partition coefficient (Wildman–Crippen LogP) is 3.39. The molecule has 2 aromatic rings. The average Bonchev–Trinajstić information content (AvgIpc) is 2.41. The monoisotopic (exact) mass is 290 g/mol. The Bertz CT molecular complexity index is 722. The molecule has 1 aliphatic rings. The van der Waals surface area contributed by atoms with Crippen molar-refractivity contribution < 1.29 is 20.1 Å². The predicted molar refractivity (Wildman–Crippen MR) is 76.3 cm³/mol. The fraction of sp³-hybridized carbons (Fsp3) is 0.0667. The maximum Gasteiger partial charge on any atom is 0.158 e. The lowest BCUT2D eigenvalue weighted by Gasteiger charge is -2.19. The van der Waals surface area contributed by atoms with Crippen molar-refractivity contribution in [3.05, 3.63) is 46.5 Å². The van der Waals surface area contributed by atoms with Crippen LogP contribution in [0.2, 0.25) is 5.02 Å². The van der Waals surface area contributed by atoms with Gasteiger partial charge in [-0.3, -0.25) is 0 Å². The molecule has 0 unspecified atom stereocenters. The first-order valence-electron chi connectivity index (χ1n) is 5.93. The van der Waals surface area contributed by atoms with Crippen LogP contribution in [0.4, 0.5) is 0 Å². The quantitative estimate of drug-likeness (QED) is 0.704. The molecule has 0 saturated heterocycles. The Morgan fingerprint density at radius 3 is 2.55 bits per heavy atom. The minimum atomic E-state index is -0.189. The number of hydrogen-bond acceptors (Lipinski definition) is 4. The zero-order valence-corrected chi connectivity index (χ0v) is 11.1. The summed E-state index contributed by atoms with van der Waals surface area (Å²) in [5.74, 6) is 0.204. The molecule has 3 N–H and O–H groups in total. The van der Waals surface area contributed by atoms with Gasteiger partial charge in [-0.2, -0.15) is 0 Å². The summed E-state index contributed by atoms with van der Waals surface area (Å²) >= 11 is 6.08. The normalized spacial score (nSPS) is 13.3. The van der Waals surface area contributed by atoms with Crippen molar-refractivity contribution in [1.82, 2.24) is 0 Å². The van der Waals surface area contributed by atoms with Crippen LogP contribution in [0.3, 0.4) is 0 Å². The summed E-state index contributed by atoms with van der Waals surface area (Å²) in [4.78, 5) is 0. The summed E-state index contributed by atoms with van der Waals surface area (Å²) in [6, 6.07) is 7.51. The molecule has 3 rings (SSSR count). The maximum atomic E-state index is 9.54. The highest BCUT2D eigenvalue weighted by Gasteiger charge is 2.17. The van der Waals surface area contributed by atoms with Gasteiger partial charge in [-0.1, -0.05) is 17.7 Å². The molecule has 1 aliphatic heterocycles. The highest BCUT2D eigenvalue weighted by atomic mass is 35.5. The first-order chi connectivity index (χ1) is 9.54. The van der Waals surface area contributed by atoms with E-state index in [9.17, 15) is 15.3 Å². The van der Waals surface area contributed by atoms with Gasteiger partial charge in [0.05, 0.1) is 5.02 Å². The van der Waals surface area contributed by atoms with E-state index in [1.165, 1.54) is 24.3 Å². The van der Waals surface area contributed by atoms with E-state index in [0.29, 0.717) is 16.3 Å². The number of fused-ring (bicyclic) bond motifs is 1. The van der Waals surface area contributed by atoms with Crippen LogP contribution >= 0.6 is 11.6 Å². The molecule has 0 saturated carbocycles. The highest BCUT2D eigenvalue weighted by Crippen LogP contribution is 2.39. The van der Waals surface area contributed by atoms with Gasteiger partial charge in [-0.15, -0.1) is 0 Å². The van der Waals surface area contributed by atoms with E-state index < -0.39 is 0 Å². The van der Waals surface area contributed by atoms with Crippen LogP contribution < -0.4 is 4.74 Å². The molecule has 0 fully saturated rings. The van der Waals surface area contributed by atoms with Gasteiger partial charge in [0.1, 0.15) is 18.1 Å². The first-order valence-corrected chi connectivity index (χ1v) is 6.30. The Hall–Kier alpha value is -2.33. The van der Waals surface area contributed by atoms with Gasteiger partial charge in [0.25, 0.3) is 0 Å². The van der Waals surface area contributed by atoms with Gasteiger partial charge >= 0.3 is 0 Å². The molecule has 1 heterocycles. The van der Waals surface area contributed by atoms with Gasteiger partial charge in [-0.25, -0.2) is 0 Å². The molecule has 2 aromatic carbocycles. The lowest BCUT2D eigenvalue weighted by molar-refractivity contribution is 0.362. The number of hydrogen-bond donors (Lipinski definition) is 3. The van der Waals surface area contributed by atoms with E-state index in [-0.39, 0.29) is 23.9 Å². The molecule has 4 nitrogen and oxygen atoms in total. The Morgan fingerprint density at radius 2 is 1.80 bits per heavy atom.